The highest BCUT2D eigenvalue weighted by Gasteiger charge is 2.22. The van der Waals surface area contributed by atoms with Crippen molar-refractivity contribution in [3.8, 4) is 0 Å². The fourth-order valence-electron chi connectivity index (χ4n) is 2.32. The molecule has 0 aliphatic heterocycles. The van der Waals surface area contributed by atoms with Crippen molar-refractivity contribution in [2.75, 3.05) is 6.26 Å². The second-order valence-corrected chi connectivity index (χ2v) is 7.14. The highest BCUT2D eigenvalue weighted by atomic mass is 32.2. The maximum absolute atomic E-state index is 12.5. The van der Waals surface area contributed by atoms with Crippen LogP contribution in [0.2, 0.25) is 0 Å². The van der Waals surface area contributed by atoms with Gasteiger partial charge < -0.3 is 0 Å². The lowest BCUT2D eigenvalue weighted by molar-refractivity contribution is -0.122. The predicted octanol–water partition coefficient (Wildman–Crippen LogP) is 3.25. The Labute approximate surface area is 109 Å². The third kappa shape index (κ3) is 3.19. The molecule has 0 radical (unpaired) electrons. The summed E-state index contributed by atoms with van der Waals surface area (Å²) in [6.45, 7) is 0. The van der Waals surface area contributed by atoms with E-state index in [1.807, 2.05) is 18.2 Å². The Bertz CT molecular complexity index is 524. The maximum atomic E-state index is 12.5. The Morgan fingerprint density at radius 1 is 1.17 bits per heavy atom. The molecule has 1 aliphatic carbocycles. The van der Waals surface area contributed by atoms with Crippen molar-refractivity contribution in [1.29, 1.82) is 0 Å². The van der Waals surface area contributed by atoms with E-state index in [0.29, 0.717) is 4.90 Å². The fourth-order valence-corrected chi connectivity index (χ4v) is 3.58. The average molecular weight is 265 g/mol. The molecule has 1 aromatic rings. The third-order valence-electron chi connectivity index (χ3n) is 3.40. The van der Waals surface area contributed by atoms with Crippen LogP contribution in [0.1, 0.15) is 32.1 Å². The number of hydrogen-bond acceptors (Lipinski definition) is 2. The smallest absolute Gasteiger partial charge is 0.257 e. The van der Waals surface area contributed by atoms with E-state index in [4.69, 9.17) is 0 Å². The monoisotopic (exact) mass is 265 g/mol. The highest BCUT2D eigenvalue weighted by molar-refractivity contribution is 7.93. The Hall–Kier alpha value is -1.16. The van der Waals surface area contributed by atoms with Gasteiger partial charge in [-0.2, -0.15) is 4.36 Å². The molecule has 1 saturated carbocycles. The van der Waals surface area contributed by atoms with E-state index in [1.54, 1.807) is 18.4 Å². The molecule has 0 heterocycles. The first-order chi connectivity index (χ1) is 8.59. The van der Waals surface area contributed by atoms with Crippen molar-refractivity contribution in [1.82, 2.24) is 0 Å². The molecule has 1 unspecified atom stereocenters. The second kappa shape index (κ2) is 5.65. The van der Waals surface area contributed by atoms with Crippen molar-refractivity contribution < 1.29 is 9.00 Å². The van der Waals surface area contributed by atoms with Gasteiger partial charge in [0.15, 0.2) is 0 Å². The van der Waals surface area contributed by atoms with Crippen LogP contribution in [0, 0.1) is 5.92 Å². The normalized spacial score (nSPS) is 20.1. The standard InChI is InChI=1S/C14H19NO2S/c1-18(17,13-10-6-3-7-11-13)15-14(16)12-8-4-2-5-9-12/h3,6-7,10-12H,2,4-5,8-9H2,1H3. The summed E-state index contributed by atoms with van der Waals surface area (Å²) in [7, 11) is -2.58. The maximum Gasteiger partial charge on any atom is 0.257 e. The van der Waals surface area contributed by atoms with Crippen LogP contribution in [0.3, 0.4) is 0 Å². The van der Waals surface area contributed by atoms with Gasteiger partial charge in [-0.3, -0.25) is 4.79 Å². The molecule has 0 spiro atoms. The predicted molar refractivity (Wildman–Crippen MR) is 72.8 cm³/mol. The molecule has 0 N–H and O–H groups in total. The molecular formula is C14H19NO2S. The summed E-state index contributed by atoms with van der Waals surface area (Å²) in [4.78, 5) is 12.7. The van der Waals surface area contributed by atoms with Gasteiger partial charge in [0.2, 0.25) is 0 Å². The van der Waals surface area contributed by atoms with E-state index in [0.717, 1.165) is 25.7 Å². The van der Waals surface area contributed by atoms with Crippen molar-refractivity contribution in [2.45, 2.75) is 37.0 Å². The summed E-state index contributed by atoms with van der Waals surface area (Å²) in [5.74, 6) is -0.186. The SMILES string of the molecule is CS(=O)(=NC(=O)C1CCCCC1)c1ccccc1. The van der Waals surface area contributed by atoms with E-state index >= 15 is 0 Å². The summed E-state index contributed by atoms with van der Waals surface area (Å²) >= 11 is 0. The third-order valence-corrected chi connectivity index (χ3v) is 5.07. The van der Waals surface area contributed by atoms with E-state index in [-0.39, 0.29) is 11.8 Å². The van der Waals surface area contributed by atoms with Gasteiger partial charge >= 0.3 is 0 Å². The number of nitrogens with zero attached hydrogens (tertiary/aromatic N) is 1. The Kier molecular flexibility index (Phi) is 4.17. The molecule has 1 aromatic carbocycles. The quantitative estimate of drug-likeness (QED) is 0.824. The van der Waals surface area contributed by atoms with E-state index in [1.165, 1.54) is 6.42 Å². The van der Waals surface area contributed by atoms with Crippen molar-refractivity contribution in [3.63, 3.8) is 0 Å². The van der Waals surface area contributed by atoms with Crippen LogP contribution in [-0.4, -0.2) is 16.4 Å². The molecule has 3 nitrogen and oxygen atoms in total. The van der Waals surface area contributed by atoms with Gasteiger partial charge in [0.25, 0.3) is 5.91 Å². The average Bonchev–Trinajstić information content (AvgIpc) is 2.40. The lowest BCUT2D eigenvalue weighted by atomic mass is 9.89. The molecule has 98 valence electrons. The number of hydrogen-bond donors (Lipinski definition) is 0. The summed E-state index contributed by atoms with van der Waals surface area (Å²) in [6, 6.07) is 9.03. The molecule has 0 saturated heterocycles. The topological polar surface area (TPSA) is 46.5 Å². The van der Waals surface area contributed by atoms with Gasteiger partial charge in [-0.05, 0) is 25.0 Å². The summed E-state index contributed by atoms with van der Waals surface area (Å²) in [5, 5.41) is 0. The van der Waals surface area contributed by atoms with E-state index in [9.17, 15) is 9.00 Å². The van der Waals surface area contributed by atoms with Crippen molar-refractivity contribution >= 4 is 15.6 Å². The minimum absolute atomic E-state index is 0.0109. The fraction of sp³-hybridized carbons (Fsp3) is 0.500. The second-order valence-electron chi connectivity index (χ2n) is 4.88. The van der Waals surface area contributed by atoms with Gasteiger partial charge in [-0.1, -0.05) is 37.5 Å². The first-order valence-corrected chi connectivity index (χ1v) is 8.33. The van der Waals surface area contributed by atoms with Crippen LogP contribution >= 0.6 is 0 Å². The number of benzene rings is 1. The first kappa shape index (κ1) is 13.3. The zero-order valence-corrected chi connectivity index (χ0v) is 11.5. The van der Waals surface area contributed by atoms with E-state index in [2.05, 4.69) is 4.36 Å². The molecule has 0 aromatic heterocycles. The molecule has 0 bridgehead atoms. The number of carbonyl (C=O) groups excluding carboxylic acids is 1. The first-order valence-electron chi connectivity index (χ1n) is 6.41. The summed E-state index contributed by atoms with van der Waals surface area (Å²) in [5.41, 5.74) is 0. The van der Waals surface area contributed by atoms with Crippen molar-refractivity contribution in [2.24, 2.45) is 10.3 Å². The molecular weight excluding hydrogens is 246 g/mol. The lowest BCUT2D eigenvalue weighted by Crippen LogP contribution is -2.17. The molecule has 2 rings (SSSR count). The van der Waals surface area contributed by atoms with Gasteiger partial charge in [0.05, 0.1) is 9.73 Å². The van der Waals surface area contributed by atoms with Crippen LogP contribution < -0.4 is 0 Å². The number of carbonyl (C=O) groups is 1. The molecule has 1 aliphatic rings. The minimum atomic E-state index is -2.58. The lowest BCUT2D eigenvalue weighted by Gasteiger charge is -2.18. The number of amides is 1. The molecule has 18 heavy (non-hydrogen) atoms. The zero-order chi connectivity index (χ0) is 13.0. The van der Waals surface area contributed by atoms with Gasteiger partial charge in [0, 0.05) is 17.1 Å². The van der Waals surface area contributed by atoms with Gasteiger partial charge in [-0.25, -0.2) is 4.21 Å². The largest absolute Gasteiger partial charge is 0.272 e. The molecule has 1 atom stereocenters. The number of rotatable bonds is 2. The van der Waals surface area contributed by atoms with Crippen LogP contribution in [0.5, 0.6) is 0 Å². The minimum Gasteiger partial charge on any atom is -0.272 e. The van der Waals surface area contributed by atoms with Crippen molar-refractivity contribution in [3.05, 3.63) is 30.3 Å². The Balaban J connectivity index is 2.21. The van der Waals surface area contributed by atoms with Crippen LogP contribution in [0.15, 0.2) is 39.6 Å². The molecule has 1 fully saturated rings. The Morgan fingerprint density at radius 2 is 1.78 bits per heavy atom. The highest BCUT2D eigenvalue weighted by Crippen LogP contribution is 2.25. The van der Waals surface area contributed by atoms with Gasteiger partial charge in [-0.15, -0.1) is 0 Å². The zero-order valence-electron chi connectivity index (χ0n) is 10.7. The molecule has 4 heteroatoms. The summed E-state index contributed by atoms with van der Waals surface area (Å²) in [6.07, 6.45) is 6.71. The Morgan fingerprint density at radius 3 is 2.39 bits per heavy atom. The van der Waals surface area contributed by atoms with E-state index < -0.39 is 9.73 Å². The molecule has 1 amide bonds. The van der Waals surface area contributed by atoms with Gasteiger partial charge in [0.1, 0.15) is 0 Å². The summed E-state index contributed by atoms with van der Waals surface area (Å²) < 4.78 is 16.4. The van der Waals surface area contributed by atoms with Crippen LogP contribution in [0.25, 0.3) is 0 Å². The van der Waals surface area contributed by atoms with Crippen LogP contribution in [0.4, 0.5) is 0 Å². The van der Waals surface area contributed by atoms with Crippen LogP contribution in [-0.2, 0) is 14.5 Å².